The molecule has 0 atom stereocenters. The molecule has 0 N–H and O–H groups in total. The quantitative estimate of drug-likeness (QED) is 0.807. The molecular weight excluding hydrogens is 264 g/mol. The van der Waals surface area contributed by atoms with Crippen LogP contribution in [0.15, 0.2) is 10.8 Å². The minimum absolute atomic E-state index is 0.606. The maximum Gasteiger partial charge on any atom is 0.208 e. The van der Waals surface area contributed by atoms with Crippen LogP contribution in [0.25, 0.3) is 10.7 Å². The smallest absolute Gasteiger partial charge is 0.208 e. The molecule has 0 amide bonds. The fourth-order valence-corrected chi connectivity index (χ4v) is 3.72. The summed E-state index contributed by atoms with van der Waals surface area (Å²) >= 11 is 1.57. The molecule has 2 aromatic rings. The van der Waals surface area contributed by atoms with Crippen LogP contribution in [0.3, 0.4) is 0 Å². The minimum atomic E-state index is 0.606. The Morgan fingerprint density at radius 2 is 2.00 bits per heavy atom. The second-order valence-electron chi connectivity index (χ2n) is 4.95. The highest BCUT2D eigenvalue weighted by molar-refractivity contribution is 7.18. The SMILES string of the molecule is c1onnc1-c1nnc(N2CCN3CCC2CC3)s1. The zero-order valence-corrected chi connectivity index (χ0v) is 11.2. The summed E-state index contributed by atoms with van der Waals surface area (Å²) in [6.45, 7) is 4.58. The summed E-state index contributed by atoms with van der Waals surface area (Å²) in [5.74, 6) is 0. The van der Waals surface area contributed by atoms with Gasteiger partial charge in [0.2, 0.25) is 5.13 Å². The van der Waals surface area contributed by atoms with E-state index in [0.717, 1.165) is 23.2 Å². The second-order valence-corrected chi connectivity index (χ2v) is 5.90. The average Bonchev–Trinajstić information content (AvgIpc) is 3.05. The van der Waals surface area contributed by atoms with E-state index < -0.39 is 0 Å². The maximum absolute atomic E-state index is 4.75. The lowest BCUT2D eigenvalue weighted by atomic mass is 10.1. The van der Waals surface area contributed by atoms with Crippen molar-refractivity contribution in [3.8, 4) is 10.7 Å². The molecule has 2 aromatic heterocycles. The first kappa shape index (κ1) is 11.3. The molecule has 19 heavy (non-hydrogen) atoms. The minimum Gasteiger partial charge on any atom is -0.345 e. The Morgan fingerprint density at radius 1 is 1.11 bits per heavy atom. The van der Waals surface area contributed by atoms with E-state index in [4.69, 9.17) is 4.52 Å². The van der Waals surface area contributed by atoms with E-state index in [9.17, 15) is 0 Å². The topological polar surface area (TPSA) is 71.2 Å². The van der Waals surface area contributed by atoms with Gasteiger partial charge in [-0.3, -0.25) is 0 Å². The molecule has 5 heterocycles. The van der Waals surface area contributed by atoms with Crippen LogP contribution in [-0.2, 0) is 0 Å². The van der Waals surface area contributed by atoms with Gasteiger partial charge in [0.25, 0.3) is 0 Å². The Kier molecular flexibility index (Phi) is 2.70. The molecule has 100 valence electrons. The number of piperidine rings is 1. The molecule has 3 saturated heterocycles. The van der Waals surface area contributed by atoms with Crippen molar-refractivity contribution in [2.24, 2.45) is 0 Å². The summed E-state index contributed by atoms with van der Waals surface area (Å²) in [7, 11) is 0. The highest BCUT2D eigenvalue weighted by Gasteiger charge is 2.31. The molecule has 3 fully saturated rings. The van der Waals surface area contributed by atoms with E-state index in [0.29, 0.717) is 11.7 Å². The van der Waals surface area contributed by atoms with Gasteiger partial charge in [-0.2, -0.15) is 0 Å². The van der Waals surface area contributed by atoms with Crippen LogP contribution < -0.4 is 4.90 Å². The van der Waals surface area contributed by atoms with Gasteiger partial charge in [-0.05, 0) is 12.8 Å². The first-order valence-corrected chi connectivity index (χ1v) is 7.32. The van der Waals surface area contributed by atoms with E-state index in [1.807, 2.05) is 0 Å². The molecule has 0 spiro atoms. The largest absolute Gasteiger partial charge is 0.345 e. The molecule has 0 saturated carbocycles. The van der Waals surface area contributed by atoms with Crippen molar-refractivity contribution >= 4 is 16.5 Å². The summed E-state index contributed by atoms with van der Waals surface area (Å²) in [5, 5.41) is 17.6. The van der Waals surface area contributed by atoms with Crippen molar-refractivity contribution in [3.05, 3.63) is 6.26 Å². The van der Waals surface area contributed by atoms with Gasteiger partial charge in [0.05, 0.1) is 0 Å². The number of nitrogens with zero attached hydrogens (tertiary/aromatic N) is 6. The van der Waals surface area contributed by atoms with Crippen LogP contribution in [0.5, 0.6) is 0 Å². The normalized spacial score (nSPS) is 26.6. The first-order chi connectivity index (χ1) is 9.40. The van der Waals surface area contributed by atoms with Gasteiger partial charge in [0.15, 0.2) is 17.0 Å². The summed E-state index contributed by atoms with van der Waals surface area (Å²) < 4.78 is 4.75. The van der Waals surface area contributed by atoms with Crippen LogP contribution in [0.4, 0.5) is 5.13 Å². The van der Waals surface area contributed by atoms with Crippen LogP contribution in [0, 0.1) is 0 Å². The van der Waals surface area contributed by atoms with Crippen LogP contribution in [0.2, 0.25) is 0 Å². The lowest BCUT2D eigenvalue weighted by Crippen LogP contribution is -2.37. The Labute approximate surface area is 114 Å². The van der Waals surface area contributed by atoms with Crippen molar-refractivity contribution in [2.45, 2.75) is 18.9 Å². The van der Waals surface area contributed by atoms with Crippen LogP contribution in [-0.4, -0.2) is 57.7 Å². The lowest BCUT2D eigenvalue weighted by molar-refractivity contribution is 0.250. The summed E-state index contributed by atoms with van der Waals surface area (Å²) in [6.07, 6.45) is 3.95. The third-order valence-electron chi connectivity index (χ3n) is 3.89. The third-order valence-corrected chi connectivity index (χ3v) is 4.88. The molecule has 8 heteroatoms. The summed E-state index contributed by atoms with van der Waals surface area (Å²) in [5.41, 5.74) is 0.659. The van der Waals surface area contributed by atoms with Crippen molar-refractivity contribution in [1.82, 2.24) is 25.5 Å². The van der Waals surface area contributed by atoms with E-state index in [2.05, 4.69) is 30.4 Å². The Balaban J connectivity index is 1.62. The van der Waals surface area contributed by atoms with E-state index in [1.54, 1.807) is 11.3 Å². The molecule has 5 rings (SSSR count). The van der Waals surface area contributed by atoms with Crippen molar-refractivity contribution in [1.29, 1.82) is 0 Å². The van der Waals surface area contributed by atoms with E-state index in [-0.39, 0.29) is 0 Å². The van der Waals surface area contributed by atoms with Gasteiger partial charge >= 0.3 is 0 Å². The van der Waals surface area contributed by atoms with Gasteiger partial charge in [-0.1, -0.05) is 11.3 Å². The number of fused-ring (bicyclic) bond motifs is 4. The average molecular weight is 278 g/mol. The number of rotatable bonds is 2. The predicted octanol–water partition coefficient (Wildman–Crippen LogP) is 0.872. The van der Waals surface area contributed by atoms with Gasteiger partial charge < -0.3 is 14.3 Å². The van der Waals surface area contributed by atoms with Crippen LogP contribution in [0.1, 0.15) is 12.8 Å². The third kappa shape index (κ3) is 2.00. The molecule has 0 radical (unpaired) electrons. The zero-order chi connectivity index (χ0) is 12.7. The van der Waals surface area contributed by atoms with Gasteiger partial charge in [0.1, 0.15) is 0 Å². The van der Waals surface area contributed by atoms with Gasteiger partial charge in [-0.15, -0.1) is 15.3 Å². The molecule has 0 aliphatic carbocycles. The fraction of sp³-hybridized carbons (Fsp3) is 0.636. The maximum atomic E-state index is 4.75. The molecule has 0 unspecified atom stereocenters. The highest BCUT2D eigenvalue weighted by atomic mass is 32.1. The Morgan fingerprint density at radius 3 is 2.79 bits per heavy atom. The number of hydrogen-bond acceptors (Lipinski definition) is 8. The molecule has 0 aromatic carbocycles. The fourth-order valence-electron chi connectivity index (χ4n) is 2.83. The van der Waals surface area contributed by atoms with Crippen LogP contribution >= 0.6 is 11.3 Å². The standard InChI is InChI=1S/C11H14N6OS/c1-3-16-4-2-8(1)17(6-5-16)11-14-13-10(19-11)9-7-18-15-12-9/h7-8H,1-6H2. The molecule has 3 aliphatic rings. The van der Waals surface area contributed by atoms with E-state index in [1.165, 1.54) is 32.2 Å². The Bertz CT molecular complexity index is 547. The molecular formula is C11H14N6OS. The van der Waals surface area contributed by atoms with Crippen molar-refractivity contribution < 1.29 is 4.52 Å². The lowest BCUT2D eigenvalue weighted by Gasteiger charge is -2.30. The van der Waals surface area contributed by atoms with Crippen molar-refractivity contribution in [2.75, 3.05) is 31.1 Å². The van der Waals surface area contributed by atoms with Crippen molar-refractivity contribution in [3.63, 3.8) is 0 Å². The van der Waals surface area contributed by atoms with E-state index >= 15 is 0 Å². The number of aromatic nitrogens is 4. The summed E-state index contributed by atoms with van der Waals surface area (Å²) in [6, 6.07) is 0.606. The monoisotopic (exact) mass is 278 g/mol. The number of hydrogen-bond donors (Lipinski definition) is 0. The molecule has 3 aliphatic heterocycles. The van der Waals surface area contributed by atoms with Gasteiger partial charge in [0, 0.05) is 37.5 Å². The summed E-state index contributed by atoms with van der Waals surface area (Å²) in [4.78, 5) is 4.93. The molecule has 2 bridgehead atoms. The van der Waals surface area contributed by atoms with Gasteiger partial charge in [-0.25, -0.2) is 0 Å². The highest BCUT2D eigenvalue weighted by Crippen LogP contribution is 2.32. The first-order valence-electron chi connectivity index (χ1n) is 6.50. The Hall–Kier alpha value is -1.54. The second kappa shape index (κ2) is 4.53. The zero-order valence-electron chi connectivity index (χ0n) is 10.4. The predicted molar refractivity (Wildman–Crippen MR) is 70.0 cm³/mol. The number of anilines is 1. The molecule has 7 nitrogen and oxygen atoms in total.